The van der Waals surface area contributed by atoms with Crippen LogP contribution >= 0.6 is 22.9 Å². The molecule has 49 heavy (non-hydrogen) atoms. The molecule has 254 valence electrons. The number of ether oxygens (including phenoxy) is 1. The number of aliphatic carboxylic acids is 1. The second-order valence-corrected chi connectivity index (χ2v) is 15.5. The molecule has 1 atom stereocenters. The number of aromatic nitrogens is 2. The van der Waals surface area contributed by atoms with Crippen LogP contribution in [0.2, 0.25) is 5.02 Å². The molecule has 3 aromatic carbocycles. The summed E-state index contributed by atoms with van der Waals surface area (Å²) in [5.41, 5.74) is 8.97. The molecule has 1 N–H and O–H groups in total. The van der Waals surface area contributed by atoms with E-state index in [-0.39, 0.29) is 12.0 Å². The average Bonchev–Trinajstić information content (AvgIpc) is 3.79. The highest BCUT2D eigenvalue weighted by molar-refractivity contribution is 7.15. The van der Waals surface area contributed by atoms with Gasteiger partial charge in [-0.25, -0.2) is 14.8 Å². The molecule has 0 aliphatic carbocycles. The van der Waals surface area contributed by atoms with Crippen LogP contribution in [0, 0.1) is 19.8 Å². The minimum Gasteiger partial charge on any atom is -0.481 e. The van der Waals surface area contributed by atoms with E-state index < -0.39 is 11.6 Å². The van der Waals surface area contributed by atoms with Gasteiger partial charge in [-0.05, 0) is 93.6 Å². The van der Waals surface area contributed by atoms with Crippen molar-refractivity contribution >= 4 is 46.1 Å². The number of carbonyl (C=O) groups excluding carboxylic acids is 1. The fourth-order valence-corrected chi connectivity index (χ4v) is 8.28. The molecule has 0 bridgehead atoms. The summed E-state index contributed by atoms with van der Waals surface area (Å²) >= 11 is 8.34. The summed E-state index contributed by atoms with van der Waals surface area (Å²) < 4.78 is 11.9. The lowest BCUT2D eigenvalue weighted by atomic mass is 9.91. The highest BCUT2D eigenvalue weighted by Gasteiger charge is 2.30. The van der Waals surface area contributed by atoms with E-state index in [9.17, 15) is 14.7 Å². The molecule has 1 amide bonds. The molecule has 1 saturated heterocycles. The maximum Gasteiger partial charge on any atom is 0.410 e. The van der Waals surface area contributed by atoms with Crippen molar-refractivity contribution in [3.05, 3.63) is 80.8 Å². The minimum absolute atomic E-state index is 0.291. The number of carboxylic acid groups (broad SMARTS) is 1. The van der Waals surface area contributed by atoms with Crippen LogP contribution in [0.4, 0.5) is 4.79 Å². The van der Waals surface area contributed by atoms with Crippen LogP contribution in [-0.2, 0) is 29.0 Å². The SMILES string of the molecule is Cc1c(-c2nc3cc(CN4CC[C@@H](C(=O)O)C4)cc(Cl)c3o2)cccc1-c1cccc(-c2nc3c(s2)CN(C(=O)OC(C)(C)C)CC3)c1C. The van der Waals surface area contributed by atoms with Crippen LogP contribution in [0.1, 0.15) is 54.5 Å². The summed E-state index contributed by atoms with van der Waals surface area (Å²) in [6.45, 7) is 12.8. The molecule has 2 aliphatic heterocycles. The first-order chi connectivity index (χ1) is 23.3. The van der Waals surface area contributed by atoms with E-state index in [0.29, 0.717) is 61.0 Å². The Morgan fingerprint density at radius 1 is 1.02 bits per heavy atom. The predicted octanol–water partition coefficient (Wildman–Crippen LogP) is 8.76. The molecule has 0 spiro atoms. The van der Waals surface area contributed by atoms with Crippen LogP contribution in [0.5, 0.6) is 0 Å². The van der Waals surface area contributed by atoms with Crippen molar-refractivity contribution in [2.75, 3.05) is 19.6 Å². The quantitative estimate of drug-likeness (QED) is 0.188. The third-order valence-electron chi connectivity index (χ3n) is 9.33. The molecule has 4 heterocycles. The molecule has 0 saturated carbocycles. The summed E-state index contributed by atoms with van der Waals surface area (Å²) in [5, 5.41) is 10.8. The van der Waals surface area contributed by atoms with Gasteiger partial charge in [-0.2, -0.15) is 0 Å². The first kappa shape index (κ1) is 33.3. The Morgan fingerprint density at radius 3 is 2.41 bits per heavy atom. The third-order valence-corrected chi connectivity index (χ3v) is 10.7. The van der Waals surface area contributed by atoms with Gasteiger partial charge >= 0.3 is 12.1 Å². The van der Waals surface area contributed by atoms with Gasteiger partial charge in [0, 0.05) is 42.1 Å². The molecule has 11 heteroatoms. The Morgan fingerprint density at radius 2 is 1.71 bits per heavy atom. The van der Waals surface area contributed by atoms with E-state index in [0.717, 1.165) is 61.1 Å². The minimum atomic E-state index is -0.744. The van der Waals surface area contributed by atoms with Gasteiger partial charge in [0.25, 0.3) is 0 Å². The van der Waals surface area contributed by atoms with Gasteiger partial charge in [0.1, 0.15) is 16.1 Å². The number of halogens is 1. The van der Waals surface area contributed by atoms with Crippen LogP contribution in [0.3, 0.4) is 0 Å². The number of amides is 1. The zero-order valence-electron chi connectivity index (χ0n) is 28.3. The lowest BCUT2D eigenvalue weighted by molar-refractivity contribution is -0.141. The number of carboxylic acids is 1. The molecule has 0 unspecified atom stereocenters. The van der Waals surface area contributed by atoms with E-state index in [1.165, 1.54) is 0 Å². The fraction of sp³-hybridized carbons (Fsp3) is 0.368. The van der Waals surface area contributed by atoms with Crippen molar-refractivity contribution in [3.63, 3.8) is 0 Å². The molecule has 1 fully saturated rings. The topological polar surface area (TPSA) is 109 Å². The number of likely N-dealkylation sites (tertiary alicyclic amines) is 1. The number of carbonyl (C=O) groups is 2. The summed E-state index contributed by atoms with van der Waals surface area (Å²) in [6.07, 6.45) is 1.06. The first-order valence-corrected chi connectivity index (χ1v) is 17.7. The Kier molecular flexibility index (Phi) is 8.75. The first-order valence-electron chi connectivity index (χ1n) is 16.6. The number of fused-ring (bicyclic) bond motifs is 2. The fourth-order valence-electron chi connectivity index (χ4n) is 6.80. The van der Waals surface area contributed by atoms with Crippen molar-refractivity contribution in [2.24, 2.45) is 5.92 Å². The van der Waals surface area contributed by atoms with Gasteiger partial charge in [0.15, 0.2) is 5.58 Å². The van der Waals surface area contributed by atoms with Gasteiger partial charge in [-0.1, -0.05) is 41.9 Å². The number of hydrogen-bond acceptors (Lipinski definition) is 8. The Hall–Kier alpha value is -4.25. The Bertz CT molecular complexity index is 2100. The summed E-state index contributed by atoms with van der Waals surface area (Å²) in [5.74, 6) is -0.579. The number of benzene rings is 3. The van der Waals surface area contributed by atoms with Crippen molar-refractivity contribution < 1.29 is 23.8 Å². The van der Waals surface area contributed by atoms with E-state index in [1.54, 1.807) is 16.2 Å². The molecule has 9 nitrogen and oxygen atoms in total. The maximum atomic E-state index is 12.7. The number of nitrogens with zero attached hydrogens (tertiary/aromatic N) is 4. The van der Waals surface area contributed by atoms with E-state index in [1.807, 2.05) is 45.0 Å². The van der Waals surface area contributed by atoms with Gasteiger partial charge in [-0.15, -0.1) is 11.3 Å². The van der Waals surface area contributed by atoms with Crippen LogP contribution in [0.15, 0.2) is 52.9 Å². The number of thiazole rings is 1. The van der Waals surface area contributed by atoms with Crippen LogP contribution < -0.4 is 0 Å². The molecular weight excluding hydrogens is 660 g/mol. The molecule has 0 radical (unpaired) electrons. The molecule has 2 aromatic heterocycles. The summed E-state index contributed by atoms with van der Waals surface area (Å²) in [4.78, 5) is 39.1. The summed E-state index contributed by atoms with van der Waals surface area (Å²) in [6, 6.07) is 16.3. The smallest absolute Gasteiger partial charge is 0.410 e. The number of oxazole rings is 1. The molecule has 7 rings (SSSR count). The predicted molar refractivity (Wildman–Crippen MR) is 192 cm³/mol. The van der Waals surface area contributed by atoms with Gasteiger partial charge in [0.2, 0.25) is 5.89 Å². The van der Waals surface area contributed by atoms with E-state index >= 15 is 0 Å². The second kappa shape index (κ2) is 12.9. The largest absolute Gasteiger partial charge is 0.481 e. The standard InChI is InChI=1S/C38H39ClN4O5S/c1-21-25(26-9-7-11-28(22(26)2)35-41-30-13-15-43(20-32(30)49-35)37(46)48-38(3,4)5)8-6-10-27(21)34-40-31-17-23(16-29(39)33(31)47-34)18-42-14-12-24(19-42)36(44)45/h6-11,16-17,24H,12-15,18-20H2,1-5H3,(H,44,45)/t24-/m1/s1. The molecular formula is C38H39ClN4O5S. The van der Waals surface area contributed by atoms with Gasteiger partial charge < -0.3 is 19.2 Å². The second-order valence-electron chi connectivity index (χ2n) is 14.0. The van der Waals surface area contributed by atoms with Crippen molar-refractivity contribution in [1.82, 2.24) is 19.8 Å². The average molecular weight is 699 g/mol. The monoisotopic (exact) mass is 698 g/mol. The van der Waals surface area contributed by atoms with Crippen LogP contribution in [-0.4, -0.2) is 62.2 Å². The van der Waals surface area contributed by atoms with Gasteiger partial charge in [0.05, 0.1) is 23.2 Å². The van der Waals surface area contributed by atoms with Crippen molar-refractivity contribution in [2.45, 2.75) is 66.2 Å². The lowest BCUT2D eigenvalue weighted by Crippen LogP contribution is -2.39. The molecule has 2 aliphatic rings. The number of rotatable bonds is 6. The lowest BCUT2D eigenvalue weighted by Gasteiger charge is -2.29. The number of hydrogen-bond donors (Lipinski definition) is 1. The van der Waals surface area contributed by atoms with E-state index in [2.05, 4.69) is 43.0 Å². The maximum absolute atomic E-state index is 12.7. The highest BCUT2D eigenvalue weighted by atomic mass is 35.5. The normalized spacial score (nSPS) is 16.7. The van der Waals surface area contributed by atoms with Gasteiger partial charge in [-0.3, -0.25) is 9.69 Å². The molecule has 5 aromatic rings. The highest BCUT2D eigenvalue weighted by Crippen LogP contribution is 2.40. The Balaban J connectivity index is 1.16. The Labute approximate surface area is 294 Å². The third kappa shape index (κ3) is 6.69. The van der Waals surface area contributed by atoms with Crippen molar-refractivity contribution in [3.8, 4) is 33.2 Å². The van der Waals surface area contributed by atoms with E-state index in [4.69, 9.17) is 30.7 Å². The van der Waals surface area contributed by atoms with Crippen molar-refractivity contribution in [1.29, 1.82) is 0 Å². The van der Waals surface area contributed by atoms with Crippen LogP contribution in [0.25, 0.3) is 44.3 Å². The zero-order valence-corrected chi connectivity index (χ0v) is 29.9. The summed E-state index contributed by atoms with van der Waals surface area (Å²) in [7, 11) is 0. The zero-order chi connectivity index (χ0) is 34.6.